The van der Waals surface area contributed by atoms with Gasteiger partial charge in [-0.1, -0.05) is 13.3 Å². The Balaban J connectivity index is 1.83. The third-order valence-corrected chi connectivity index (χ3v) is 4.47. The largest absolute Gasteiger partial charge is 0.312 e. The maximum atomic E-state index is 8.56. The summed E-state index contributed by atoms with van der Waals surface area (Å²) in [5.41, 5.74) is 0. The molecule has 0 amide bonds. The fraction of sp³-hybridized carbons (Fsp3) is 1.00. The SMILES string of the molecule is CCC1CCNC(C2CC(COO)CCN2)C1. The fourth-order valence-electron chi connectivity index (χ4n) is 3.31. The molecular weight excluding hydrogens is 216 g/mol. The van der Waals surface area contributed by atoms with Crippen LogP contribution in [0.1, 0.15) is 39.0 Å². The van der Waals surface area contributed by atoms with Gasteiger partial charge in [0.25, 0.3) is 0 Å². The molecule has 4 nitrogen and oxygen atoms in total. The van der Waals surface area contributed by atoms with Gasteiger partial charge in [-0.2, -0.15) is 0 Å². The average Bonchev–Trinajstić information content (AvgIpc) is 2.40. The Labute approximate surface area is 104 Å². The minimum Gasteiger partial charge on any atom is -0.312 e. The first kappa shape index (κ1) is 13.3. The lowest BCUT2D eigenvalue weighted by Crippen LogP contribution is -2.54. The minimum absolute atomic E-state index is 0.488. The highest BCUT2D eigenvalue weighted by Gasteiger charge is 2.31. The van der Waals surface area contributed by atoms with Crippen LogP contribution in [0.4, 0.5) is 0 Å². The summed E-state index contributed by atoms with van der Waals surface area (Å²) in [4.78, 5) is 4.31. The van der Waals surface area contributed by atoms with Crippen LogP contribution in [0.15, 0.2) is 0 Å². The molecule has 2 rings (SSSR count). The molecule has 2 fully saturated rings. The van der Waals surface area contributed by atoms with Gasteiger partial charge in [0.15, 0.2) is 0 Å². The fourth-order valence-corrected chi connectivity index (χ4v) is 3.31. The zero-order valence-electron chi connectivity index (χ0n) is 10.8. The molecule has 3 N–H and O–H groups in total. The van der Waals surface area contributed by atoms with Crippen LogP contribution in [-0.2, 0) is 4.89 Å². The molecule has 4 heteroatoms. The van der Waals surface area contributed by atoms with E-state index in [0.717, 1.165) is 31.8 Å². The molecule has 0 radical (unpaired) electrons. The van der Waals surface area contributed by atoms with Gasteiger partial charge in [-0.05, 0) is 50.6 Å². The molecule has 0 aromatic rings. The zero-order chi connectivity index (χ0) is 12.1. The minimum atomic E-state index is 0.488. The van der Waals surface area contributed by atoms with Crippen LogP contribution < -0.4 is 10.6 Å². The van der Waals surface area contributed by atoms with E-state index in [0.29, 0.717) is 24.6 Å². The smallest absolute Gasteiger partial charge is 0.0848 e. The van der Waals surface area contributed by atoms with E-state index in [-0.39, 0.29) is 0 Å². The van der Waals surface area contributed by atoms with Crippen molar-refractivity contribution in [2.75, 3.05) is 19.7 Å². The maximum absolute atomic E-state index is 8.56. The van der Waals surface area contributed by atoms with E-state index >= 15 is 0 Å². The Morgan fingerprint density at radius 1 is 1.06 bits per heavy atom. The first-order valence-corrected chi connectivity index (χ1v) is 7.06. The van der Waals surface area contributed by atoms with Crippen LogP contribution in [0.3, 0.4) is 0 Å². The van der Waals surface area contributed by atoms with E-state index in [1.54, 1.807) is 0 Å². The maximum Gasteiger partial charge on any atom is 0.0848 e. The molecule has 0 aromatic carbocycles. The highest BCUT2D eigenvalue weighted by atomic mass is 17.1. The summed E-state index contributed by atoms with van der Waals surface area (Å²) < 4.78 is 0. The van der Waals surface area contributed by atoms with Crippen LogP contribution >= 0.6 is 0 Å². The zero-order valence-corrected chi connectivity index (χ0v) is 10.8. The average molecular weight is 242 g/mol. The first-order valence-electron chi connectivity index (χ1n) is 7.06. The van der Waals surface area contributed by atoms with Gasteiger partial charge in [-0.15, -0.1) is 0 Å². The molecule has 0 aromatic heterocycles. The monoisotopic (exact) mass is 242 g/mol. The van der Waals surface area contributed by atoms with Crippen molar-refractivity contribution in [2.24, 2.45) is 11.8 Å². The Bertz CT molecular complexity index is 223. The second kappa shape index (κ2) is 6.69. The molecule has 2 aliphatic heterocycles. The second-order valence-electron chi connectivity index (χ2n) is 5.61. The molecular formula is C13H26N2O2. The van der Waals surface area contributed by atoms with E-state index in [1.165, 1.54) is 19.3 Å². The lowest BCUT2D eigenvalue weighted by atomic mass is 9.82. The molecule has 4 atom stereocenters. The molecule has 17 heavy (non-hydrogen) atoms. The first-order chi connectivity index (χ1) is 8.33. The molecule has 100 valence electrons. The summed E-state index contributed by atoms with van der Waals surface area (Å²) in [5, 5.41) is 15.8. The molecule has 0 aliphatic carbocycles. The Hall–Kier alpha value is -0.160. The molecule has 0 spiro atoms. The van der Waals surface area contributed by atoms with Gasteiger partial charge in [0.1, 0.15) is 0 Å². The number of rotatable bonds is 4. The van der Waals surface area contributed by atoms with E-state index in [2.05, 4.69) is 22.4 Å². The summed E-state index contributed by atoms with van der Waals surface area (Å²) in [6, 6.07) is 1.16. The third kappa shape index (κ3) is 3.65. The van der Waals surface area contributed by atoms with E-state index < -0.39 is 0 Å². The van der Waals surface area contributed by atoms with Crippen LogP contribution in [-0.4, -0.2) is 37.0 Å². The van der Waals surface area contributed by atoms with Crippen molar-refractivity contribution in [2.45, 2.75) is 51.1 Å². The van der Waals surface area contributed by atoms with E-state index in [9.17, 15) is 0 Å². The van der Waals surface area contributed by atoms with Crippen molar-refractivity contribution in [3.8, 4) is 0 Å². The lowest BCUT2D eigenvalue weighted by molar-refractivity contribution is -0.252. The van der Waals surface area contributed by atoms with Crippen molar-refractivity contribution in [1.29, 1.82) is 0 Å². The van der Waals surface area contributed by atoms with Gasteiger partial charge in [-0.3, -0.25) is 5.26 Å². The summed E-state index contributed by atoms with van der Waals surface area (Å²) in [7, 11) is 0. The van der Waals surface area contributed by atoms with Crippen LogP contribution in [0.25, 0.3) is 0 Å². The van der Waals surface area contributed by atoms with Gasteiger partial charge in [-0.25, -0.2) is 4.89 Å². The molecule has 2 saturated heterocycles. The van der Waals surface area contributed by atoms with Crippen molar-refractivity contribution in [3.63, 3.8) is 0 Å². The van der Waals surface area contributed by atoms with Crippen molar-refractivity contribution in [3.05, 3.63) is 0 Å². The summed E-state index contributed by atoms with van der Waals surface area (Å²) in [6.07, 6.45) is 6.15. The van der Waals surface area contributed by atoms with Crippen LogP contribution in [0, 0.1) is 11.8 Å². The van der Waals surface area contributed by atoms with Gasteiger partial charge in [0.05, 0.1) is 6.61 Å². The predicted molar refractivity (Wildman–Crippen MR) is 67.9 cm³/mol. The van der Waals surface area contributed by atoms with Crippen molar-refractivity contribution < 1.29 is 10.1 Å². The van der Waals surface area contributed by atoms with E-state index in [4.69, 9.17) is 5.26 Å². The van der Waals surface area contributed by atoms with Gasteiger partial charge in [0.2, 0.25) is 0 Å². The van der Waals surface area contributed by atoms with Crippen LogP contribution in [0.5, 0.6) is 0 Å². The molecule has 2 heterocycles. The Morgan fingerprint density at radius 2 is 1.65 bits per heavy atom. The Morgan fingerprint density at radius 3 is 2.24 bits per heavy atom. The van der Waals surface area contributed by atoms with E-state index in [1.807, 2.05) is 0 Å². The van der Waals surface area contributed by atoms with Gasteiger partial charge < -0.3 is 10.6 Å². The third-order valence-electron chi connectivity index (χ3n) is 4.47. The number of hydrogen-bond donors (Lipinski definition) is 3. The second-order valence-corrected chi connectivity index (χ2v) is 5.61. The highest BCUT2D eigenvalue weighted by molar-refractivity contribution is 4.91. The van der Waals surface area contributed by atoms with Crippen molar-refractivity contribution in [1.82, 2.24) is 10.6 Å². The summed E-state index contributed by atoms with van der Waals surface area (Å²) >= 11 is 0. The van der Waals surface area contributed by atoms with Gasteiger partial charge >= 0.3 is 0 Å². The summed E-state index contributed by atoms with van der Waals surface area (Å²) in [6.45, 7) is 4.99. The molecule has 4 unspecified atom stereocenters. The number of hydrogen-bond acceptors (Lipinski definition) is 4. The lowest BCUT2D eigenvalue weighted by Gasteiger charge is -2.39. The number of nitrogens with one attached hydrogen (secondary N) is 2. The van der Waals surface area contributed by atoms with Gasteiger partial charge in [0, 0.05) is 12.1 Å². The molecule has 0 saturated carbocycles. The normalized spacial score (nSPS) is 39.2. The topological polar surface area (TPSA) is 53.5 Å². The quantitative estimate of drug-likeness (QED) is 0.518. The van der Waals surface area contributed by atoms with Crippen molar-refractivity contribution >= 4 is 0 Å². The summed E-state index contributed by atoms with van der Waals surface area (Å²) in [5.74, 6) is 1.40. The Kier molecular flexibility index (Phi) is 5.22. The molecule has 2 aliphatic rings. The van der Waals surface area contributed by atoms with Crippen LogP contribution in [0.2, 0.25) is 0 Å². The molecule has 0 bridgehead atoms. The predicted octanol–water partition coefficient (Wildman–Crippen LogP) is 1.62. The number of piperidine rings is 2. The highest BCUT2D eigenvalue weighted by Crippen LogP contribution is 2.26. The standard InChI is InChI=1S/C13H26N2O2/c1-2-10-3-5-14-12(7-10)13-8-11(9-17-16)4-6-15-13/h10-16H,2-9H2,1H3.